The van der Waals surface area contributed by atoms with Crippen LogP contribution in [0.1, 0.15) is 27.2 Å². The number of rotatable bonds is 9. The van der Waals surface area contributed by atoms with Crippen molar-refractivity contribution >= 4 is 22.5 Å². The fraction of sp³-hybridized carbons (Fsp3) is 0.379. The number of aromatic nitrogens is 2. The molecular weight excluding hydrogens is 512 g/mol. The fourth-order valence-corrected chi connectivity index (χ4v) is 4.76. The van der Waals surface area contributed by atoms with Crippen molar-refractivity contribution in [3.63, 3.8) is 0 Å². The minimum Gasteiger partial charge on any atom is -0.381 e. The average Bonchev–Trinajstić information content (AvgIpc) is 3.33. The molecule has 1 aromatic heterocycles. The van der Waals surface area contributed by atoms with Crippen LogP contribution in [-0.4, -0.2) is 57.1 Å². The number of alkyl halides is 3. The molecule has 4 rings (SSSR count). The predicted octanol–water partition coefficient (Wildman–Crippen LogP) is 5.88. The van der Waals surface area contributed by atoms with Crippen LogP contribution in [0, 0.1) is 17.2 Å². The number of aliphatic hydroxyl groups is 1. The Labute approximate surface area is 224 Å². The molecule has 3 atom stereocenters. The molecule has 0 fully saturated rings. The van der Waals surface area contributed by atoms with Crippen LogP contribution >= 0.6 is 0 Å². The highest BCUT2D eigenvalue weighted by Crippen LogP contribution is 2.38. The number of anilines is 1. The van der Waals surface area contributed by atoms with Gasteiger partial charge < -0.3 is 15.3 Å². The molecule has 10 heteroatoms. The number of nitrogens with zero attached hydrogens (tertiary/aromatic N) is 3. The zero-order valence-electron chi connectivity index (χ0n) is 22.0. The topological polar surface area (TPSA) is 70.4 Å². The molecule has 6 nitrogen and oxygen atoms in total. The van der Waals surface area contributed by atoms with Crippen LogP contribution in [0.4, 0.5) is 23.2 Å². The van der Waals surface area contributed by atoms with Gasteiger partial charge in [0.2, 0.25) is 5.91 Å². The summed E-state index contributed by atoms with van der Waals surface area (Å²) in [5.41, 5.74) is -2.74. The highest BCUT2D eigenvalue weighted by atomic mass is 19.4. The Hall–Kier alpha value is -3.66. The van der Waals surface area contributed by atoms with Gasteiger partial charge in [-0.1, -0.05) is 44.2 Å². The van der Waals surface area contributed by atoms with Crippen molar-refractivity contribution in [1.29, 1.82) is 0 Å². The molecule has 1 amide bonds. The summed E-state index contributed by atoms with van der Waals surface area (Å²) in [4.78, 5) is 14.7. The second-order valence-electron chi connectivity index (χ2n) is 10.2. The SMILES string of the molecule is CCCN(CC(O)(CNc1cccc2c1cnn2-c1ccc(F)cc1)C(F)(F)F)C(=O)C1(C)C=CC=CC1C. The van der Waals surface area contributed by atoms with Gasteiger partial charge in [0.1, 0.15) is 5.82 Å². The summed E-state index contributed by atoms with van der Waals surface area (Å²) in [6, 6.07) is 10.6. The number of fused-ring (bicyclic) bond motifs is 1. The Kier molecular flexibility index (Phi) is 7.88. The summed E-state index contributed by atoms with van der Waals surface area (Å²) in [7, 11) is 0. The molecule has 0 saturated heterocycles. The molecule has 0 aliphatic heterocycles. The molecule has 2 aromatic carbocycles. The van der Waals surface area contributed by atoms with Crippen LogP contribution < -0.4 is 5.32 Å². The molecule has 0 spiro atoms. The maximum atomic E-state index is 14.4. The summed E-state index contributed by atoms with van der Waals surface area (Å²) in [6.45, 7) is 3.58. The van der Waals surface area contributed by atoms with Gasteiger partial charge in [0.15, 0.2) is 5.60 Å². The Balaban J connectivity index is 1.61. The number of hydrogen-bond donors (Lipinski definition) is 2. The van der Waals surface area contributed by atoms with Gasteiger partial charge in [-0.05, 0) is 55.7 Å². The van der Waals surface area contributed by atoms with E-state index in [9.17, 15) is 27.5 Å². The van der Waals surface area contributed by atoms with Crippen LogP contribution in [0.5, 0.6) is 0 Å². The Bertz CT molecular complexity index is 1380. The molecule has 0 radical (unpaired) electrons. The van der Waals surface area contributed by atoms with Gasteiger partial charge in [-0.2, -0.15) is 18.3 Å². The van der Waals surface area contributed by atoms with Gasteiger partial charge in [0.25, 0.3) is 0 Å². The molecule has 1 aliphatic rings. The van der Waals surface area contributed by atoms with Crippen molar-refractivity contribution in [1.82, 2.24) is 14.7 Å². The molecule has 39 heavy (non-hydrogen) atoms. The quantitative estimate of drug-likeness (QED) is 0.330. The Morgan fingerprint density at radius 2 is 1.90 bits per heavy atom. The predicted molar refractivity (Wildman–Crippen MR) is 143 cm³/mol. The number of benzene rings is 2. The molecule has 0 bridgehead atoms. The maximum Gasteiger partial charge on any atom is 0.420 e. The number of nitrogens with one attached hydrogen (secondary N) is 1. The highest BCUT2D eigenvalue weighted by molar-refractivity contribution is 5.92. The monoisotopic (exact) mass is 544 g/mol. The molecule has 1 heterocycles. The van der Waals surface area contributed by atoms with E-state index < -0.39 is 42.0 Å². The summed E-state index contributed by atoms with van der Waals surface area (Å²) in [5, 5.41) is 18.6. The minimum atomic E-state index is -5.02. The molecular formula is C29H32F4N4O2. The van der Waals surface area contributed by atoms with E-state index in [1.165, 1.54) is 18.3 Å². The third-order valence-electron chi connectivity index (χ3n) is 7.38. The van der Waals surface area contributed by atoms with Gasteiger partial charge >= 0.3 is 6.18 Å². The Morgan fingerprint density at radius 1 is 1.18 bits per heavy atom. The first-order chi connectivity index (χ1) is 18.4. The first kappa shape index (κ1) is 28.4. The zero-order chi connectivity index (χ0) is 28.4. The van der Waals surface area contributed by atoms with E-state index in [1.54, 1.807) is 67.1 Å². The fourth-order valence-electron chi connectivity index (χ4n) is 4.76. The normalized spacial score (nSPS) is 20.7. The number of carbonyl (C=O) groups excluding carboxylic acids is 1. The summed E-state index contributed by atoms with van der Waals surface area (Å²) in [6.07, 6.45) is 3.96. The van der Waals surface area contributed by atoms with Crippen LogP contribution in [-0.2, 0) is 4.79 Å². The maximum absolute atomic E-state index is 14.4. The lowest BCUT2D eigenvalue weighted by Crippen LogP contribution is -2.60. The molecule has 208 valence electrons. The second kappa shape index (κ2) is 10.8. The molecule has 0 saturated carbocycles. The van der Waals surface area contributed by atoms with E-state index in [4.69, 9.17) is 0 Å². The standard InChI is InChI=1S/C29H32F4N4O2/c1-4-16-36(26(38)27(3)15-6-5-8-20(27)2)19-28(39,29(31,32)33)18-34-24-9-7-10-25-23(24)17-35-37(25)22-13-11-21(30)12-14-22/h5-15,17,20,34,39H,4,16,18-19H2,1-3H3. The summed E-state index contributed by atoms with van der Waals surface area (Å²) < 4.78 is 58.0. The van der Waals surface area contributed by atoms with Crippen LogP contribution in [0.25, 0.3) is 16.6 Å². The molecule has 3 unspecified atom stereocenters. The number of amides is 1. The third-order valence-corrected chi connectivity index (χ3v) is 7.38. The van der Waals surface area contributed by atoms with E-state index in [2.05, 4.69) is 10.4 Å². The van der Waals surface area contributed by atoms with Gasteiger partial charge in [-0.15, -0.1) is 0 Å². The van der Waals surface area contributed by atoms with Crippen molar-refractivity contribution in [3.8, 4) is 5.69 Å². The smallest absolute Gasteiger partial charge is 0.381 e. The number of hydrogen-bond acceptors (Lipinski definition) is 4. The summed E-state index contributed by atoms with van der Waals surface area (Å²) in [5.74, 6) is -1.09. The molecule has 2 N–H and O–H groups in total. The van der Waals surface area contributed by atoms with Gasteiger partial charge in [0, 0.05) is 17.6 Å². The van der Waals surface area contributed by atoms with Crippen LogP contribution in [0.2, 0.25) is 0 Å². The lowest BCUT2D eigenvalue weighted by Gasteiger charge is -2.41. The number of halogens is 4. The van der Waals surface area contributed by atoms with Gasteiger partial charge in [-0.3, -0.25) is 4.79 Å². The lowest BCUT2D eigenvalue weighted by molar-refractivity contribution is -0.258. The largest absolute Gasteiger partial charge is 0.420 e. The van der Waals surface area contributed by atoms with E-state index in [0.717, 1.165) is 4.90 Å². The zero-order valence-corrected chi connectivity index (χ0v) is 22.0. The van der Waals surface area contributed by atoms with Gasteiger partial charge in [0.05, 0.1) is 35.9 Å². The van der Waals surface area contributed by atoms with Crippen molar-refractivity contribution in [2.24, 2.45) is 11.3 Å². The van der Waals surface area contributed by atoms with E-state index in [0.29, 0.717) is 28.7 Å². The minimum absolute atomic E-state index is 0.0666. The van der Waals surface area contributed by atoms with Crippen molar-refractivity contribution in [2.45, 2.75) is 39.0 Å². The second-order valence-corrected chi connectivity index (χ2v) is 10.2. The van der Waals surface area contributed by atoms with E-state index in [-0.39, 0.29) is 12.5 Å². The molecule has 1 aliphatic carbocycles. The third kappa shape index (κ3) is 5.56. The van der Waals surface area contributed by atoms with Crippen LogP contribution in [0.3, 0.4) is 0 Å². The van der Waals surface area contributed by atoms with Crippen molar-refractivity contribution in [3.05, 3.63) is 78.8 Å². The number of carbonyl (C=O) groups is 1. The van der Waals surface area contributed by atoms with Crippen LogP contribution in [0.15, 0.2) is 73.0 Å². The highest BCUT2D eigenvalue weighted by Gasteiger charge is 2.55. The number of allylic oxidation sites excluding steroid dienone is 3. The van der Waals surface area contributed by atoms with Crippen molar-refractivity contribution in [2.75, 3.05) is 25.0 Å². The average molecular weight is 545 g/mol. The van der Waals surface area contributed by atoms with Gasteiger partial charge in [-0.25, -0.2) is 9.07 Å². The molecule has 3 aromatic rings. The Morgan fingerprint density at radius 3 is 2.54 bits per heavy atom. The first-order valence-electron chi connectivity index (χ1n) is 12.8. The van der Waals surface area contributed by atoms with E-state index in [1.807, 2.05) is 13.0 Å². The lowest BCUT2D eigenvalue weighted by atomic mass is 9.74. The summed E-state index contributed by atoms with van der Waals surface area (Å²) >= 11 is 0. The van der Waals surface area contributed by atoms with Crippen molar-refractivity contribution < 1.29 is 27.5 Å². The van der Waals surface area contributed by atoms with E-state index >= 15 is 0 Å². The first-order valence-corrected chi connectivity index (χ1v) is 12.8.